The molecule has 0 saturated heterocycles. The minimum Gasteiger partial charge on any atom is -0.466 e. The predicted molar refractivity (Wildman–Crippen MR) is 69.2 cm³/mol. The minimum absolute atomic E-state index is 0.254. The highest BCUT2D eigenvalue weighted by atomic mass is 32.1. The van der Waals surface area contributed by atoms with Crippen molar-refractivity contribution < 1.29 is 18.3 Å². The Labute approximate surface area is 118 Å². The molecule has 20 heavy (non-hydrogen) atoms. The van der Waals surface area contributed by atoms with Crippen LogP contribution in [0.2, 0.25) is 0 Å². The fourth-order valence-electron chi connectivity index (χ4n) is 1.57. The molecular weight excluding hydrogens is 288 g/mol. The SMILES string of the molecule is CCOC(=O)C(C)c1cnn(-c2csc(C(F)F)n2)c1. The van der Waals surface area contributed by atoms with Crippen LogP contribution in [-0.2, 0) is 9.53 Å². The van der Waals surface area contributed by atoms with E-state index in [0.717, 1.165) is 11.3 Å². The highest BCUT2D eigenvalue weighted by Crippen LogP contribution is 2.25. The lowest BCUT2D eigenvalue weighted by molar-refractivity contribution is -0.144. The summed E-state index contributed by atoms with van der Waals surface area (Å²) in [5, 5.41) is 5.27. The standard InChI is InChI=1S/C12H13F2N3O2S/c1-3-19-12(18)7(2)8-4-15-17(5-8)9-6-20-11(16-9)10(13)14/h4-7,10H,3H2,1-2H3. The second-order valence-electron chi connectivity index (χ2n) is 4.04. The van der Waals surface area contributed by atoms with Gasteiger partial charge in [0.2, 0.25) is 0 Å². The van der Waals surface area contributed by atoms with Gasteiger partial charge in [-0.05, 0) is 13.8 Å². The van der Waals surface area contributed by atoms with Crippen molar-refractivity contribution in [1.82, 2.24) is 14.8 Å². The number of carbonyl (C=O) groups is 1. The Morgan fingerprint density at radius 1 is 1.55 bits per heavy atom. The van der Waals surface area contributed by atoms with Crippen molar-refractivity contribution in [2.45, 2.75) is 26.2 Å². The van der Waals surface area contributed by atoms with Gasteiger partial charge in [-0.3, -0.25) is 4.79 Å². The third-order valence-corrected chi connectivity index (χ3v) is 3.51. The van der Waals surface area contributed by atoms with Crippen molar-refractivity contribution in [3.63, 3.8) is 0 Å². The smallest absolute Gasteiger partial charge is 0.313 e. The van der Waals surface area contributed by atoms with Gasteiger partial charge in [0, 0.05) is 17.1 Å². The van der Waals surface area contributed by atoms with Crippen molar-refractivity contribution in [3.05, 3.63) is 28.3 Å². The number of rotatable bonds is 5. The molecule has 0 fully saturated rings. The number of hydrogen-bond donors (Lipinski definition) is 0. The first-order valence-electron chi connectivity index (χ1n) is 5.98. The van der Waals surface area contributed by atoms with Crippen molar-refractivity contribution in [2.75, 3.05) is 6.61 Å². The second kappa shape index (κ2) is 6.08. The molecule has 0 aliphatic rings. The Balaban J connectivity index is 2.17. The highest BCUT2D eigenvalue weighted by Gasteiger charge is 2.19. The molecule has 0 spiro atoms. The van der Waals surface area contributed by atoms with E-state index in [0.29, 0.717) is 18.0 Å². The first-order chi connectivity index (χ1) is 9.52. The number of hydrogen-bond acceptors (Lipinski definition) is 5. The van der Waals surface area contributed by atoms with Gasteiger partial charge in [0.1, 0.15) is 0 Å². The molecule has 0 N–H and O–H groups in total. The Morgan fingerprint density at radius 3 is 2.90 bits per heavy atom. The molecular formula is C12H13F2N3O2S. The van der Waals surface area contributed by atoms with Crippen molar-refractivity contribution in [3.8, 4) is 5.82 Å². The minimum atomic E-state index is -2.60. The number of esters is 1. The number of ether oxygens (including phenoxy) is 1. The number of halogens is 2. The van der Waals surface area contributed by atoms with Crippen molar-refractivity contribution in [1.29, 1.82) is 0 Å². The average Bonchev–Trinajstić information content (AvgIpc) is 3.06. The van der Waals surface area contributed by atoms with E-state index in [2.05, 4.69) is 10.1 Å². The summed E-state index contributed by atoms with van der Waals surface area (Å²) in [5.74, 6) is -0.497. The molecule has 0 aliphatic carbocycles. The highest BCUT2D eigenvalue weighted by molar-refractivity contribution is 7.09. The van der Waals surface area contributed by atoms with Crippen LogP contribution in [0.4, 0.5) is 8.78 Å². The fraction of sp³-hybridized carbons (Fsp3) is 0.417. The Hall–Kier alpha value is -1.83. The lowest BCUT2D eigenvalue weighted by Gasteiger charge is -2.07. The summed E-state index contributed by atoms with van der Waals surface area (Å²) in [6, 6.07) is 0. The van der Waals surface area contributed by atoms with Gasteiger partial charge in [-0.25, -0.2) is 18.4 Å². The Morgan fingerprint density at radius 2 is 2.30 bits per heavy atom. The molecule has 2 rings (SSSR count). The van der Waals surface area contributed by atoms with Crippen LogP contribution in [0, 0.1) is 0 Å². The summed E-state index contributed by atoms with van der Waals surface area (Å²) in [7, 11) is 0. The van der Waals surface area contributed by atoms with Crippen LogP contribution in [0.5, 0.6) is 0 Å². The Bertz CT molecular complexity index is 597. The van der Waals surface area contributed by atoms with Gasteiger partial charge < -0.3 is 4.74 Å². The topological polar surface area (TPSA) is 57.0 Å². The number of aromatic nitrogens is 3. The van der Waals surface area contributed by atoms with E-state index in [9.17, 15) is 13.6 Å². The zero-order valence-corrected chi connectivity index (χ0v) is 11.7. The predicted octanol–water partition coefficient (Wildman–Crippen LogP) is 2.93. The number of carbonyl (C=O) groups excluding carboxylic acids is 1. The zero-order chi connectivity index (χ0) is 14.7. The molecule has 5 nitrogen and oxygen atoms in total. The zero-order valence-electron chi connectivity index (χ0n) is 10.9. The third-order valence-electron chi connectivity index (χ3n) is 2.67. The first-order valence-corrected chi connectivity index (χ1v) is 6.86. The molecule has 2 aromatic heterocycles. The van der Waals surface area contributed by atoms with E-state index in [1.807, 2.05) is 0 Å². The van der Waals surface area contributed by atoms with Crippen LogP contribution >= 0.6 is 11.3 Å². The van der Waals surface area contributed by atoms with Gasteiger partial charge in [-0.1, -0.05) is 0 Å². The van der Waals surface area contributed by atoms with Crippen molar-refractivity contribution in [2.24, 2.45) is 0 Å². The number of alkyl halides is 2. The molecule has 0 amide bonds. The van der Waals surface area contributed by atoms with Gasteiger partial charge in [0.25, 0.3) is 6.43 Å². The summed E-state index contributed by atoms with van der Waals surface area (Å²) >= 11 is 0.871. The van der Waals surface area contributed by atoms with E-state index in [1.165, 1.54) is 16.3 Å². The van der Waals surface area contributed by atoms with E-state index in [1.54, 1.807) is 20.0 Å². The summed E-state index contributed by atoms with van der Waals surface area (Å²) < 4.78 is 31.2. The van der Waals surface area contributed by atoms with Crippen molar-refractivity contribution >= 4 is 17.3 Å². The monoisotopic (exact) mass is 301 g/mol. The summed E-state index contributed by atoms with van der Waals surface area (Å²) in [6.07, 6.45) is 0.497. The van der Waals surface area contributed by atoms with Gasteiger partial charge in [0.05, 0.1) is 18.7 Å². The maximum atomic E-state index is 12.5. The quantitative estimate of drug-likeness (QED) is 0.797. The summed E-state index contributed by atoms with van der Waals surface area (Å²) in [4.78, 5) is 15.4. The molecule has 108 valence electrons. The van der Waals surface area contributed by atoms with Gasteiger partial charge in [-0.2, -0.15) is 5.10 Å². The lowest BCUT2D eigenvalue weighted by atomic mass is 10.1. The van der Waals surface area contributed by atoms with Crippen LogP contribution in [-0.4, -0.2) is 27.3 Å². The fourth-order valence-corrected chi connectivity index (χ4v) is 2.21. The second-order valence-corrected chi connectivity index (χ2v) is 4.93. The van der Waals surface area contributed by atoms with Gasteiger partial charge in [0.15, 0.2) is 10.8 Å². The normalized spacial score (nSPS) is 12.7. The molecule has 2 aromatic rings. The van der Waals surface area contributed by atoms with Crippen LogP contribution in [0.15, 0.2) is 17.8 Å². The molecule has 2 heterocycles. The van der Waals surface area contributed by atoms with E-state index < -0.39 is 12.3 Å². The first kappa shape index (κ1) is 14.6. The van der Waals surface area contributed by atoms with E-state index in [4.69, 9.17) is 4.74 Å². The molecule has 0 aromatic carbocycles. The van der Waals surface area contributed by atoms with Crippen LogP contribution in [0.25, 0.3) is 5.82 Å². The lowest BCUT2D eigenvalue weighted by Crippen LogP contribution is -2.12. The summed E-state index contributed by atoms with van der Waals surface area (Å²) in [5.41, 5.74) is 0.648. The molecule has 0 radical (unpaired) electrons. The molecule has 0 saturated carbocycles. The third kappa shape index (κ3) is 3.01. The van der Waals surface area contributed by atoms with Gasteiger partial charge >= 0.3 is 5.97 Å². The Kier molecular flexibility index (Phi) is 4.43. The number of nitrogens with zero attached hydrogens (tertiary/aromatic N) is 3. The van der Waals surface area contributed by atoms with Crippen LogP contribution in [0.1, 0.15) is 36.8 Å². The molecule has 1 atom stereocenters. The maximum Gasteiger partial charge on any atom is 0.313 e. The number of thiazole rings is 1. The van der Waals surface area contributed by atoms with E-state index >= 15 is 0 Å². The molecule has 8 heteroatoms. The summed E-state index contributed by atoms with van der Waals surface area (Å²) in [6.45, 7) is 3.74. The van der Waals surface area contributed by atoms with Crippen LogP contribution < -0.4 is 0 Å². The van der Waals surface area contributed by atoms with E-state index in [-0.39, 0.29) is 11.0 Å². The molecule has 0 bridgehead atoms. The van der Waals surface area contributed by atoms with Crippen LogP contribution in [0.3, 0.4) is 0 Å². The largest absolute Gasteiger partial charge is 0.466 e. The molecule has 0 aliphatic heterocycles. The molecule has 1 unspecified atom stereocenters. The average molecular weight is 301 g/mol. The maximum absolute atomic E-state index is 12.5. The van der Waals surface area contributed by atoms with Gasteiger partial charge in [-0.15, -0.1) is 11.3 Å².